The summed E-state index contributed by atoms with van der Waals surface area (Å²) in [7, 11) is -3.50. The van der Waals surface area contributed by atoms with Crippen LogP contribution in [0.5, 0.6) is 0 Å². The van der Waals surface area contributed by atoms with Crippen LogP contribution in [-0.4, -0.2) is 19.5 Å². The van der Waals surface area contributed by atoms with Gasteiger partial charge in [-0.2, -0.15) is 0 Å². The van der Waals surface area contributed by atoms with E-state index in [4.69, 9.17) is 11.6 Å². The monoisotopic (exact) mass is 272 g/mol. The molecule has 0 amide bonds. The zero-order valence-corrected chi connectivity index (χ0v) is 11.0. The summed E-state index contributed by atoms with van der Waals surface area (Å²) >= 11 is 5.91. The van der Waals surface area contributed by atoms with Crippen molar-refractivity contribution in [1.29, 1.82) is 0 Å². The van der Waals surface area contributed by atoms with E-state index in [9.17, 15) is 13.2 Å². The van der Waals surface area contributed by atoms with Gasteiger partial charge in [0.1, 0.15) is 5.78 Å². The number of rotatable bonds is 2. The lowest BCUT2D eigenvalue weighted by Gasteiger charge is -2.16. The van der Waals surface area contributed by atoms with Crippen molar-refractivity contribution in [2.45, 2.75) is 29.9 Å². The predicted octanol–water partition coefficient (Wildman–Crippen LogP) is 2.48. The van der Waals surface area contributed by atoms with E-state index in [-0.39, 0.29) is 15.7 Å². The Morgan fingerprint density at radius 2 is 1.94 bits per heavy atom. The van der Waals surface area contributed by atoms with Crippen molar-refractivity contribution in [1.82, 2.24) is 0 Å². The maximum absolute atomic E-state index is 12.4. The second-order valence-electron chi connectivity index (χ2n) is 4.31. The minimum absolute atomic E-state index is 0.0191. The highest BCUT2D eigenvalue weighted by Crippen LogP contribution is 2.34. The van der Waals surface area contributed by atoms with Gasteiger partial charge in [-0.3, -0.25) is 4.79 Å². The average molecular weight is 273 g/mol. The first-order chi connectivity index (χ1) is 7.94. The fourth-order valence-electron chi connectivity index (χ4n) is 2.23. The molecule has 2 unspecified atom stereocenters. The second kappa shape index (κ2) is 4.42. The zero-order valence-electron chi connectivity index (χ0n) is 9.39. The third-order valence-electron chi connectivity index (χ3n) is 3.28. The van der Waals surface area contributed by atoms with E-state index in [2.05, 4.69) is 0 Å². The first-order valence-electron chi connectivity index (χ1n) is 5.45. The molecule has 5 heteroatoms. The molecule has 1 aromatic carbocycles. The topological polar surface area (TPSA) is 51.2 Å². The summed E-state index contributed by atoms with van der Waals surface area (Å²) in [6.45, 7) is 1.67. The van der Waals surface area contributed by atoms with E-state index in [1.807, 2.05) is 0 Å². The molecule has 1 saturated carbocycles. The molecule has 0 saturated heterocycles. The van der Waals surface area contributed by atoms with Crippen LogP contribution in [-0.2, 0) is 14.6 Å². The smallest absolute Gasteiger partial charge is 0.183 e. The van der Waals surface area contributed by atoms with Crippen LogP contribution in [0.4, 0.5) is 0 Å². The number of hydrogen-bond acceptors (Lipinski definition) is 3. The maximum atomic E-state index is 12.4. The van der Waals surface area contributed by atoms with Crippen LogP contribution in [0.25, 0.3) is 0 Å². The molecule has 1 aromatic rings. The molecular weight excluding hydrogens is 260 g/mol. The van der Waals surface area contributed by atoms with Crippen LogP contribution < -0.4 is 0 Å². The number of hydrogen-bond donors (Lipinski definition) is 0. The third-order valence-corrected chi connectivity index (χ3v) is 6.13. The summed E-state index contributed by atoms with van der Waals surface area (Å²) in [5.74, 6) is -0.415. The first-order valence-corrected chi connectivity index (χ1v) is 7.38. The molecule has 2 rings (SSSR count). The lowest BCUT2D eigenvalue weighted by molar-refractivity contribution is -0.120. The number of benzene rings is 1. The molecule has 2 atom stereocenters. The van der Waals surface area contributed by atoms with Crippen LogP contribution in [0.2, 0.25) is 5.02 Å². The second-order valence-corrected chi connectivity index (χ2v) is 6.85. The highest BCUT2D eigenvalue weighted by atomic mass is 35.5. The Bertz CT molecular complexity index is 551. The largest absolute Gasteiger partial charge is 0.299 e. The molecule has 0 aliphatic heterocycles. The van der Waals surface area contributed by atoms with Gasteiger partial charge in [-0.25, -0.2) is 8.42 Å². The summed E-state index contributed by atoms with van der Waals surface area (Å²) in [5.41, 5.74) is 0. The van der Waals surface area contributed by atoms with E-state index < -0.39 is 21.0 Å². The summed E-state index contributed by atoms with van der Waals surface area (Å²) < 4.78 is 24.7. The number of carbonyl (C=O) groups excluding carboxylic acids is 1. The molecule has 17 heavy (non-hydrogen) atoms. The first kappa shape index (κ1) is 12.6. The van der Waals surface area contributed by atoms with Crippen LogP contribution in [0.15, 0.2) is 29.2 Å². The quantitative estimate of drug-likeness (QED) is 0.831. The molecule has 0 aromatic heterocycles. The lowest BCUT2D eigenvalue weighted by atomic mass is 10.1. The lowest BCUT2D eigenvalue weighted by Crippen LogP contribution is -2.26. The molecular formula is C12H13ClO3S. The Hall–Kier alpha value is -0.870. The van der Waals surface area contributed by atoms with Gasteiger partial charge in [-0.05, 0) is 18.6 Å². The Balaban J connectivity index is 2.45. The van der Waals surface area contributed by atoms with E-state index in [0.29, 0.717) is 12.8 Å². The Morgan fingerprint density at radius 3 is 2.47 bits per heavy atom. The van der Waals surface area contributed by atoms with Crippen molar-refractivity contribution < 1.29 is 13.2 Å². The third kappa shape index (κ3) is 2.11. The predicted molar refractivity (Wildman–Crippen MR) is 65.8 cm³/mol. The average Bonchev–Trinajstić information content (AvgIpc) is 2.60. The Morgan fingerprint density at radius 1 is 1.29 bits per heavy atom. The number of halogens is 1. The standard InChI is InChI=1S/C12H13ClO3S/c1-8-10(14)6-7-11(8)17(15,16)12-5-3-2-4-9(12)13/h2-5,8,11H,6-7H2,1H3. The number of sulfone groups is 1. The van der Waals surface area contributed by atoms with Crippen molar-refractivity contribution in [2.75, 3.05) is 0 Å². The van der Waals surface area contributed by atoms with Gasteiger partial charge in [0.25, 0.3) is 0 Å². The van der Waals surface area contributed by atoms with Crippen LogP contribution in [0.3, 0.4) is 0 Å². The van der Waals surface area contributed by atoms with Crippen molar-refractivity contribution in [2.24, 2.45) is 5.92 Å². The normalized spacial score (nSPS) is 25.2. The van der Waals surface area contributed by atoms with E-state index >= 15 is 0 Å². The number of Topliss-reactive ketones (excluding diaryl/α,β-unsaturated/α-hetero) is 1. The van der Waals surface area contributed by atoms with Crippen molar-refractivity contribution in [3.8, 4) is 0 Å². The molecule has 0 radical (unpaired) electrons. The van der Waals surface area contributed by atoms with Gasteiger partial charge in [-0.1, -0.05) is 30.7 Å². The summed E-state index contributed by atoms with van der Waals surface area (Å²) in [4.78, 5) is 11.6. The molecule has 0 heterocycles. The molecule has 0 N–H and O–H groups in total. The fraction of sp³-hybridized carbons (Fsp3) is 0.417. The molecule has 0 spiro atoms. The van der Waals surface area contributed by atoms with Crippen molar-refractivity contribution >= 4 is 27.2 Å². The minimum Gasteiger partial charge on any atom is -0.299 e. The highest BCUT2D eigenvalue weighted by Gasteiger charge is 2.41. The van der Waals surface area contributed by atoms with Crippen LogP contribution in [0.1, 0.15) is 19.8 Å². The summed E-state index contributed by atoms with van der Waals surface area (Å²) in [5, 5.41) is -0.408. The molecule has 1 aliphatic carbocycles. The molecule has 3 nitrogen and oxygen atoms in total. The molecule has 1 fully saturated rings. The fourth-order valence-corrected chi connectivity index (χ4v) is 4.74. The van der Waals surface area contributed by atoms with Gasteiger partial charge in [0, 0.05) is 12.3 Å². The van der Waals surface area contributed by atoms with E-state index in [1.165, 1.54) is 6.07 Å². The molecule has 92 valence electrons. The minimum atomic E-state index is -3.50. The number of carbonyl (C=O) groups is 1. The van der Waals surface area contributed by atoms with Gasteiger partial charge in [0.15, 0.2) is 9.84 Å². The molecule has 1 aliphatic rings. The highest BCUT2D eigenvalue weighted by molar-refractivity contribution is 7.92. The van der Waals surface area contributed by atoms with Crippen LogP contribution >= 0.6 is 11.6 Å². The Kier molecular flexibility index (Phi) is 3.27. The van der Waals surface area contributed by atoms with Gasteiger partial charge in [-0.15, -0.1) is 0 Å². The SMILES string of the molecule is CC1C(=O)CCC1S(=O)(=O)c1ccccc1Cl. The van der Waals surface area contributed by atoms with Crippen LogP contribution in [0, 0.1) is 5.92 Å². The maximum Gasteiger partial charge on any atom is 0.183 e. The Labute approximate surface area is 106 Å². The van der Waals surface area contributed by atoms with Gasteiger partial charge in [0.05, 0.1) is 15.2 Å². The van der Waals surface area contributed by atoms with Gasteiger partial charge < -0.3 is 0 Å². The summed E-state index contributed by atoms with van der Waals surface area (Å²) in [6.07, 6.45) is 0.739. The van der Waals surface area contributed by atoms with E-state index in [1.54, 1.807) is 25.1 Å². The van der Waals surface area contributed by atoms with E-state index in [0.717, 1.165) is 0 Å². The zero-order chi connectivity index (χ0) is 12.6. The number of ketones is 1. The molecule has 0 bridgehead atoms. The summed E-state index contributed by atoms with van der Waals surface area (Å²) in [6, 6.07) is 6.37. The van der Waals surface area contributed by atoms with Gasteiger partial charge in [0.2, 0.25) is 0 Å². The van der Waals surface area contributed by atoms with Gasteiger partial charge >= 0.3 is 0 Å². The van der Waals surface area contributed by atoms with Crippen molar-refractivity contribution in [3.05, 3.63) is 29.3 Å². The van der Waals surface area contributed by atoms with Crippen molar-refractivity contribution in [3.63, 3.8) is 0 Å².